The minimum Gasteiger partial charge on any atom is -0.299 e. The molecule has 48 valence electrons. The van der Waals surface area contributed by atoms with Crippen LogP contribution in [0.5, 0.6) is 0 Å². The number of fused-ring (bicyclic) bond motifs is 2. The molecule has 1 heteroatoms. The molecule has 0 saturated heterocycles. The van der Waals surface area contributed by atoms with Crippen LogP contribution in [-0.2, 0) is 4.79 Å². The standard InChI is InChI=1S/C8H10O/c1-5-6-2-3-7(4-6)8(5)9/h2-3,5-7H,4H2,1H3. The van der Waals surface area contributed by atoms with E-state index >= 15 is 0 Å². The molecule has 2 aliphatic rings. The van der Waals surface area contributed by atoms with E-state index in [1.807, 2.05) is 6.92 Å². The molecular weight excluding hydrogens is 112 g/mol. The maximum absolute atomic E-state index is 11.1. The lowest BCUT2D eigenvalue weighted by Crippen LogP contribution is -2.14. The average molecular weight is 122 g/mol. The van der Waals surface area contributed by atoms with Gasteiger partial charge in [0.15, 0.2) is 0 Å². The van der Waals surface area contributed by atoms with E-state index in [0.29, 0.717) is 23.5 Å². The predicted molar refractivity (Wildman–Crippen MR) is 34.9 cm³/mol. The van der Waals surface area contributed by atoms with E-state index in [9.17, 15) is 4.79 Å². The molecule has 0 aromatic carbocycles. The van der Waals surface area contributed by atoms with Gasteiger partial charge in [0, 0.05) is 11.8 Å². The maximum atomic E-state index is 11.1. The Bertz CT molecular complexity index is 181. The second kappa shape index (κ2) is 1.47. The highest BCUT2D eigenvalue weighted by Crippen LogP contribution is 2.39. The van der Waals surface area contributed by atoms with E-state index in [1.165, 1.54) is 0 Å². The molecule has 2 aliphatic carbocycles. The van der Waals surface area contributed by atoms with Crippen LogP contribution in [0.25, 0.3) is 0 Å². The molecule has 1 fully saturated rings. The van der Waals surface area contributed by atoms with Gasteiger partial charge in [-0.1, -0.05) is 19.1 Å². The fraction of sp³-hybridized carbons (Fsp3) is 0.625. The number of ketones is 1. The fourth-order valence-corrected chi connectivity index (χ4v) is 1.86. The molecule has 1 nitrogen and oxygen atoms in total. The molecule has 2 rings (SSSR count). The zero-order valence-electron chi connectivity index (χ0n) is 5.50. The first-order valence-electron chi connectivity index (χ1n) is 3.51. The fourth-order valence-electron chi connectivity index (χ4n) is 1.86. The number of hydrogen-bond donors (Lipinski definition) is 0. The lowest BCUT2D eigenvalue weighted by molar-refractivity contribution is -0.122. The van der Waals surface area contributed by atoms with Crippen molar-refractivity contribution in [2.75, 3.05) is 0 Å². The molecule has 2 bridgehead atoms. The van der Waals surface area contributed by atoms with Crippen molar-refractivity contribution in [1.29, 1.82) is 0 Å². The molecule has 0 radical (unpaired) electrons. The van der Waals surface area contributed by atoms with Gasteiger partial charge in [-0.25, -0.2) is 0 Å². The van der Waals surface area contributed by atoms with Crippen molar-refractivity contribution in [3.8, 4) is 0 Å². The van der Waals surface area contributed by atoms with Crippen LogP contribution in [0, 0.1) is 17.8 Å². The molecule has 0 amide bonds. The largest absolute Gasteiger partial charge is 0.299 e. The van der Waals surface area contributed by atoms with Crippen molar-refractivity contribution >= 4 is 5.78 Å². The van der Waals surface area contributed by atoms with Gasteiger partial charge in [-0.15, -0.1) is 0 Å². The van der Waals surface area contributed by atoms with Crippen molar-refractivity contribution in [3.05, 3.63) is 12.2 Å². The van der Waals surface area contributed by atoms with Crippen LogP contribution in [0.4, 0.5) is 0 Å². The van der Waals surface area contributed by atoms with Crippen LogP contribution < -0.4 is 0 Å². The van der Waals surface area contributed by atoms with E-state index in [1.54, 1.807) is 0 Å². The lowest BCUT2D eigenvalue weighted by atomic mass is 9.95. The van der Waals surface area contributed by atoms with Crippen LogP contribution in [0.1, 0.15) is 13.3 Å². The first-order chi connectivity index (χ1) is 4.29. The summed E-state index contributed by atoms with van der Waals surface area (Å²) in [5.74, 6) is 1.66. The number of carbonyl (C=O) groups is 1. The summed E-state index contributed by atoms with van der Waals surface area (Å²) in [6.45, 7) is 2.04. The Morgan fingerprint density at radius 1 is 1.56 bits per heavy atom. The van der Waals surface area contributed by atoms with Crippen LogP contribution in [0.2, 0.25) is 0 Å². The molecule has 1 saturated carbocycles. The average Bonchev–Trinajstić information content (AvgIpc) is 2.37. The molecule has 0 aliphatic heterocycles. The van der Waals surface area contributed by atoms with E-state index < -0.39 is 0 Å². The van der Waals surface area contributed by atoms with E-state index in [-0.39, 0.29) is 0 Å². The number of rotatable bonds is 0. The van der Waals surface area contributed by atoms with Crippen LogP contribution in [-0.4, -0.2) is 5.78 Å². The van der Waals surface area contributed by atoms with Gasteiger partial charge in [-0.3, -0.25) is 4.79 Å². The second-order valence-electron chi connectivity index (χ2n) is 3.08. The summed E-state index contributed by atoms with van der Waals surface area (Å²) < 4.78 is 0. The molecule has 9 heavy (non-hydrogen) atoms. The van der Waals surface area contributed by atoms with Gasteiger partial charge in [0.2, 0.25) is 0 Å². The first kappa shape index (κ1) is 5.21. The molecule has 3 unspecified atom stereocenters. The molecule has 0 aromatic heterocycles. The Morgan fingerprint density at radius 2 is 2.33 bits per heavy atom. The van der Waals surface area contributed by atoms with Crippen LogP contribution >= 0.6 is 0 Å². The predicted octanol–water partition coefficient (Wildman–Crippen LogP) is 1.40. The number of hydrogen-bond acceptors (Lipinski definition) is 1. The highest BCUT2D eigenvalue weighted by Gasteiger charge is 2.40. The summed E-state index contributed by atoms with van der Waals surface area (Å²) in [5, 5.41) is 0. The minimum atomic E-state index is 0.296. The van der Waals surface area contributed by atoms with Gasteiger partial charge >= 0.3 is 0 Å². The third kappa shape index (κ3) is 0.521. The molecule has 0 N–H and O–H groups in total. The van der Waals surface area contributed by atoms with Gasteiger partial charge in [0.25, 0.3) is 0 Å². The summed E-state index contributed by atoms with van der Waals surface area (Å²) >= 11 is 0. The van der Waals surface area contributed by atoms with Crippen molar-refractivity contribution < 1.29 is 4.79 Å². The summed E-state index contributed by atoms with van der Waals surface area (Å²) in [6.07, 6.45) is 5.35. The molecule has 3 atom stereocenters. The van der Waals surface area contributed by atoms with Gasteiger partial charge in [-0.2, -0.15) is 0 Å². The van der Waals surface area contributed by atoms with E-state index in [0.717, 1.165) is 6.42 Å². The maximum Gasteiger partial charge on any atom is 0.143 e. The molecular formula is C8H10O. The van der Waals surface area contributed by atoms with Crippen molar-refractivity contribution in [2.24, 2.45) is 17.8 Å². The normalized spacial score (nSPS) is 46.8. The number of Topliss-reactive ketones (excluding diaryl/α,β-unsaturated/α-hetero) is 1. The quantitative estimate of drug-likeness (QED) is 0.444. The summed E-state index contributed by atoms with van der Waals surface area (Å²) in [5.41, 5.74) is 0. The van der Waals surface area contributed by atoms with Gasteiger partial charge in [0.05, 0.1) is 0 Å². The molecule has 0 spiro atoms. The smallest absolute Gasteiger partial charge is 0.143 e. The SMILES string of the molecule is CC1C(=O)C2C=CC1C2. The second-order valence-corrected chi connectivity index (χ2v) is 3.08. The van der Waals surface area contributed by atoms with Crippen LogP contribution in [0.15, 0.2) is 12.2 Å². The van der Waals surface area contributed by atoms with Gasteiger partial charge in [-0.05, 0) is 12.3 Å². The Balaban J connectivity index is 2.36. The third-order valence-corrected chi connectivity index (χ3v) is 2.57. The van der Waals surface area contributed by atoms with Crippen molar-refractivity contribution in [2.45, 2.75) is 13.3 Å². The zero-order valence-corrected chi connectivity index (χ0v) is 5.50. The molecule has 0 aromatic rings. The highest BCUT2D eigenvalue weighted by molar-refractivity contribution is 5.88. The third-order valence-electron chi connectivity index (χ3n) is 2.57. The molecule has 0 heterocycles. The Kier molecular flexibility index (Phi) is 0.850. The van der Waals surface area contributed by atoms with E-state index in [4.69, 9.17) is 0 Å². The topological polar surface area (TPSA) is 17.1 Å². The highest BCUT2D eigenvalue weighted by atomic mass is 16.1. The van der Waals surface area contributed by atoms with Crippen LogP contribution in [0.3, 0.4) is 0 Å². The Morgan fingerprint density at radius 3 is 2.67 bits per heavy atom. The van der Waals surface area contributed by atoms with Gasteiger partial charge in [0.1, 0.15) is 5.78 Å². The summed E-state index contributed by atoms with van der Waals surface area (Å²) in [6, 6.07) is 0. The zero-order chi connectivity index (χ0) is 6.43. The Labute approximate surface area is 54.8 Å². The first-order valence-corrected chi connectivity index (χ1v) is 3.51. The number of carbonyl (C=O) groups excluding carboxylic acids is 1. The Hall–Kier alpha value is -0.590. The minimum absolute atomic E-state index is 0.296. The van der Waals surface area contributed by atoms with E-state index in [2.05, 4.69) is 12.2 Å². The van der Waals surface area contributed by atoms with Crippen molar-refractivity contribution in [3.63, 3.8) is 0 Å². The van der Waals surface area contributed by atoms with Gasteiger partial charge < -0.3 is 0 Å². The monoisotopic (exact) mass is 122 g/mol. The summed E-state index contributed by atoms with van der Waals surface area (Å²) in [7, 11) is 0. The number of allylic oxidation sites excluding steroid dienone is 2. The van der Waals surface area contributed by atoms with Crippen molar-refractivity contribution in [1.82, 2.24) is 0 Å². The lowest BCUT2D eigenvalue weighted by Gasteiger charge is -2.08. The summed E-state index contributed by atoms with van der Waals surface area (Å²) in [4.78, 5) is 11.1.